The van der Waals surface area contributed by atoms with Crippen LogP contribution in [0.2, 0.25) is 0 Å². The number of aliphatic hydroxyl groups is 1. The van der Waals surface area contributed by atoms with Gasteiger partial charge in [0.1, 0.15) is 0 Å². The van der Waals surface area contributed by atoms with Crippen LogP contribution in [0, 0.1) is 40.4 Å². The first-order chi connectivity index (χ1) is 10.1. The number of nitriles is 1. The van der Waals surface area contributed by atoms with Gasteiger partial charge in [-0.25, -0.2) is 0 Å². The summed E-state index contributed by atoms with van der Waals surface area (Å²) < 4.78 is 0. The minimum Gasteiger partial charge on any atom is -0.396 e. The summed E-state index contributed by atoms with van der Waals surface area (Å²) in [5.74, 6) is 1.72. The largest absolute Gasteiger partial charge is 0.396 e. The lowest BCUT2D eigenvalue weighted by molar-refractivity contribution is 0.0598. The highest BCUT2D eigenvalue weighted by molar-refractivity contribution is 5.23. The van der Waals surface area contributed by atoms with E-state index in [0.717, 1.165) is 43.6 Å². The predicted molar refractivity (Wildman–Crippen MR) is 83.1 cm³/mol. The summed E-state index contributed by atoms with van der Waals surface area (Å²) in [4.78, 5) is 0. The third-order valence-electron chi connectivity index (χ3n) is 6.75. The Kier molecular flexibility index (Phi) is 4.12. The molecule has 0 radical (unpaired) electrons. The lowest BCUT2D eigenvalue weighted by Crippen LogP contribution is -2.49. The maximum Gasteiger partial charge on any atom is 0.0662 e. The maximum atomic E-state index is 9.97. The van der Waals surface area contributed by atoms with E-state index in [9.17, 15) is 10.4 Å². The van der Waals surface area contributed by atoms with Gasteiger partial charge in [-0.15, -0.1) is 0 Å². The molecular formula is C18H28N2O. The molecule has 0 aromatic heterocycles. The number of nitrogens with two attached hydrogens (primary N) is 1. The smallest absolute Gasteiger partial charge is 0.0662 e. The molecule has 0 spiro atoms. The highest BCUT2D eigenvalue weighted by atomic mass is 16.3. The Balaban J connectivity index is 1.78. The van der Waals surface area contributed by atoms with E-state index in [-0.39, 0.29) is 29.9 Å². The van der Waals surface area contributed by atoms with E-state index in [1.54, 1.807) is 0 Å². The van der Waals surface area contributed by atoms with Crippen LogP contribution in [0.3, 0.4) is 0 Å². The number of hydrogen-bond donors (Lipinski definition) is 2. The van der Waals surface area contributed by atoms with Gasteiger partial charge < -0.3 is 10.8 Å². The van der Waals surface area contributed by atoms with Gasteiger partial charge in [0, 0.05) is 11.5 Å². The van der Waals surface area contributed by atoms with Crippen molar-refractivity contribution in [1.29, 1.82) is 5.26 Å². The number of aliphatic hydroxyl groups excluding tert-OH is 1. The summed E-state index contributed by atoms with van der Waals surface area (Å²) in [7, 11) is 0. The topological polar surface area (TPSA) is 70.0 Å². The Morgan fingerprint density at radius 2 is 2.05 bits per heavy atom. The summed E-state index contributed by atoms with van der Waals surface area (Å²) >= 11 is 0. The molecule has 21 heavy (non-hydrogen) atoms. The van der Waals surface area contributed by atoms with Crippen LogP contribution in [0.15, 0.2) is 12.2 Å². The first-order valence-electron chi connectivity index (χ1n) is 8.58. The van der Waals surface area contributed by atoms with Crippen LogP contribution >= 0.6 is 0 Å². The van der Waals surface area contributed by atoms with Crippen molar-refractivity contribution in [3.63, 3.8) is 0 Å². The third kappa shape index (κ3) is 2.33. The first kappa shape index (κ1) is 15.1. The first-order valence-corrected chi connectivity index (χ1v) is 8.58. The Labute approximate surface area is 128 Å². The van der Waals surface area contributed by atoms with E-state index in [2.05, 4.69) is 12.6 Å². The Hall–Kier alpha value is -0.850. The van der Waals surface area contributed by atoms with E-state index < -0.39 is 0 Å². The minimum atomic E-state index is -0.183. The quantitative estimate of drug-likeness (QED) is 0.781. The molecule has 3 aliphatic rings. The lowest BCUT2D eigenvalue weighted by Gasteiger charge is -2.44. The van der Waals surface area contributed by atoms with Crippen molar-refractivity contribution in [1.82, 2.24) is 0 Å². The molecule has 5 atom stereocenters. The predicted octanol–water partition coefficient (Wildman–Crippen LogP) is 3.00. The molecule has 0 aliphatic heterocycles. The van der Waals surface area contributed by atoms with Crippen molar-refractivity contribution in [2.45, 2.75) is 57.4 Å². The van der Waals surface area contributed by atoms with E-state index in [1.165, 1.54) is 19.3 Å². The van der Waals surface area contributed by atoms with Crippen LogP contribution in [0.1, 0.15) is 51.4 Å². The monoisotopic (exact) mass is 288 g/mol. The molecule has 3 aliphatic carbocycles. The number of nitrogens with zero attached hydrogens (tertiary/aromatic N) is 1. The summed E-state index contributed by atoms with van der Waals surface area (Å²) in [5.41, 5.74) is 7.47. The van der Waals surface area contributed by atoms with Crippen LogP contribution in [-0.2, 0) is 0 Å². The van der Waals surface area contributed by atoms with Gasteiger partial charge in [0.15, 0.2) is 0 Å². The average molecular weight is 288 g/mol. The van der Waals surface area contributed by atoms with Crippen LogP contribution < -0.4 is 5.73 Å². The summed E-state index contributed by atoms with van der Waals surface area (Å²) in [6, 6.07) is 2.36. The molecule has 0 heterocycles. The normalized spacial score (nSPS) is 38.9. The molecule has 3 fully saturated rings. The minimum absolute atomic E-state index is 0.0976. The van der Waals surface area contributed by atoms with Gasteiger partial charge in [-0.2, -0.15) is 5.26 Å². The van der Waals surface area contributed by atoms with Crippen LogP contribution in [0.25, 0.3) is 0 Å². The fraction of sp³-hybridized carbons (Fsp3) is 0.833. The molecule has 3 nitrogen and oxygen atoms in total. The van der Waals surface area contributed by atoms with Crippen molar-refractivity contribution in [2.75, 3.05) is 6.61 Å². The van der Waals surface area contributed by atoms with Gasteiger partial charge in [0.25, 0.3) is 0 Å². The molecule has 0 aromatic rings. The second kappa shape index (κ2) is 5.74. The average Bonchev–Trinajstić information content (AvgIpc) is 2.77. The highest BCUT2D eigenvalue weighted by Gasteiger charge is 2.51. The Morgan fingerprint density at radius 1 is 1.33 bits per heavy atom. The molecule has 0 aromatic carbocycles. The lowest BCUT2D eigenvalue weighted by atomic mass is 9.63. The molecule has 0 saturated heterocycles. The van der Waals surface area contributed by atoms with Gasteiger partial charge in [0.2, 0.25) is 0 Å². The zero-order valence-electron chi connectivity index (χ0n) is 12.9. The SMILES string of the molecule is C=C(C1C(C#N)C[C@@H]2CC[C@H]12)C(N)C1(CO)CCCCC1. The highest BCUT2D eigenvalue weighted by Crippen LogP contribution is 2.56. The molecule has 0 bridgehead atoms. The summed E-state index contributed by atoms with van der Waals surface area (Å²) in [5, 5.41) is 19.5. The van der Waals surface area contributed by atoms with Gasteiger partial charge >= 0.3 is 0 Å². The van der Waals surface area contributed by atoms with E-state index in [4.69, 9.17) is 5.73 Å². The molecule has 116 valence electrons. The van der Waals surface area contributed by atoms with E-state index in [1.807, 2.05) is 0 Å². The maximum absolute atomic E-state index is 9.97. The van der Waals surface area contributed by atoms with Gasteiger partial charge in [-0.3, -0.25) is 0 Å². The van der Waals surface area contributed by atoms with Gasteiger partial charge in [-0.05, 0) is 49.9 Å². The van der Waals surface area contributed by atoms with Crippen LogP contribution in [-0.4, -0.2) is 17.8 Å². The molecule has 3 heteroatoms. The molecule has 0 amide bonds. The molecule has 3 unspecified atom stereocenters. The fourth-order valence-corrected chi connectivity index (χ4v) is 5.22. The molecular weight excluding hydrogens is 260 g/mol. The summed E-state index contributed by atoms with van der Waals surface area (Å²) in [6.07, 6.45) is 9.08. The molecule has 3 rings (SSSR count). The molecule has 3 saturated carbocycles. The van der Waals surface area contributed by atoms with Crippen molar-refractivity contribution < 1.29 is 5.11 Å². The third-order valence-corrected chi connectivity index (χ3v) is 6.75. The van der Waals surface area contributed by atoms with Crippen molar-refractivity contribution >= 4 is 0 Å². The van der Waals surface area contributed by atoms with Gasteiger partial charge in [0.05, 0.1) is 18.6 Å². The standard InChI is InChI=1S/C18H28N2O/c1-12(16-14(10-19)9-13-5-6-15(13)16)17(20)18(11-21)7-3-2-4-8-18/h13-17,21H,1-9,11,20H2/t13-,14?,15-,16?,17?/m0/s1. The van der Waals surface area contributed by atoms with E-state index in [0.29, 0.717) is 5.92 Å². The zero-order chi connectivity index (χ0) is 15.0. The van der Waals surface area contributed by atoms with E-state index >= 15 is 0 Å². The van der Waals surface area contributed by atoms with Crippen molar-refractivity contribution in [3.05, 3.63) is 12.2 Å². The fourth-order valence-electron chi connectivity index (χ4n) is 5.22. The summed E-state index contributed by atoms with van der Waals surface area (Å²) in [6.45, 7) is 4.49. The second-order valence-corrected chi connectivity index (χ2v) is 7.63. The van der Waals surface area contributed by atoms with Crippen LogP contribution in [0.4, 0.5) is 0 Å². The molecule has 3 N–H and O–H groups in total. The number of rotatable bonds is 4. The van der Waals surface area contributed by atoms with Crippen molar-refractivity contribution in [2.24, 2.45) is 34.8 Å². The Bertz CT molecular complexity index is 447. The number of fused-ring (bicyclic) bond motifs is 1. The Morgan fingerprint density at radius 3 is 2.57 bits per heavy atom. The van der Waals surface area contributed by atoms with Crippen LogP contribution in [0.5, 0.6) is 0 Å². The zero-order valence-corrected chi connectivity index (χ0v) is 12.9. The van der Waals surface area contributed by atoms with Crippen molar-refractivity contribution in [3.8, 4) is 6.07 Å². The second-order valence-electron chi connectivity index (χ2n) is 7.63. The van der Waals surface area contributed by atoms with Gasteiger partial charge in [-0.1, -0.05) is 31.4 Å². The number of hydrogen-bond acceptors (Lipinski definition) is 3.